The first-order chi connectivity index (χ1) is 8.91. The smallest absolute Gasteiger partial charge is 0.375 e. The number of hydrogen-bond acceptors (Lipinski definition) is 3. The first-order valence-corrected chi connectivity index (χ1v) is 5.95. The number of alkyl halides is 3. The van der Waals surface area contributed by atoms with Gasteiger partial charge in [0.2, 0.25) is 0 Å². The number of ether oxygens (including phenoxy) is 1. The van der Waals surface area contributed by atoms with Crippen LogP contribution in [0.15, 0.2) is 18.2 Å². The molecule has 2 rings (SSSR count). The second-order valence-electron chi connectivity index (χ2n) is 4.52. The summed E-state index contributed by atoms with van der Waals surface area (Å²) in [5, 5.41) is 0. The molecule has 0 saturated carbocycles. The average Bonchev–Trinajstić information content (AvgIpc) is 2.37. The molecule has 1 atom stereocenters. The van der Waals surface area contributed by atoms with Crippen molar-refractivity contribution in [3.05, 3.63) is 29.3 Å². The van der Waals surface area contributed by atoms with Crippen LogP contribution in [0.25, 0.3) is 0 Å². The molecule has 1 aromatic rings. The van der Waals surface area contributed by atoms with Gasteiger partial charge < -0.3 is 9.64 Å². The van der Waals surface area contributed by atoms with Crippen LogP contribution >= 0.6 is 0 Å². The standard InChI is InChI=1S/C13H14F3NO2/c1-9-7-17(4-5-19-9)12-3-2-10(8-18)6-11(12)13(14,15)16/h2-3,6,8-9H,4-5,7H2,1H3. The molecule has 0 amide bonds. The van der Waals surface area contributed by atoms with E-state index in [4.69, 9.17) is 4.74 Å². The molecule has 1 unspecified atom stereocenters. The molecule has 0 radical (unpaired) electrons. The van der Waals surface area contributed by atoms with Gasteiger partial charge in [-0.2, -0.15) is 13.2 Å². The Morgan fingerprint density at radius 3 is 2.74 bits per heavy atom. The quantitative estimate of drug-likeness (QED) is 0.776. The molecule has 0 bridgehead atoms. The number of carbonyl (C=O) groups excluding carboxylic acids is 1. The van der Waals surface area contributed by atoms with Gasteiger partial charge >= 0.3 is 6.18 Å². The van der Waals surface area contributed by atoms with Crippen molar-refractivity contribution in [1.82, 2.24) is 0 Å². The molecule has 3 nitrogen and oxygen atoms in total. The lowest BCUT2D eigenvalue weighted by atomic mass is 10.1. The minimum absolute atomic E-state index is 0.0254. The second-order valence-corrected chi connectivity index (χ2v) is 4.52. The van der Waals surface area contributed by atoms with Crippen LogP contribution in [0, 0.1) is 0 Å². The fraction of sp³-hybridized carbons (Fsp3) is 0.462. The van der Waals surface area contributed by atoms with E-state index in [9.17, 15) is 18.0 Å². The van der Waals surface area contributed by atoms with E-state index in [2.05, 4.69) is 0 Å². The van der Waals surface area contributed by atoms with E-state index < -0.39 is 11.7 Å². The minimum Gasteiger partial charge on any atom is -0.375 e. The number of nitrogens with zero attached hydrogens (tertiary/aromatic N) is 1. The van der Waals surface area contributed by atoms with E-state index in [0.717, 1.165) is 6.07 Å². The largest absolute Gasteiger partial charge is 0.418 e. The number of anilines is 1. The topological polar surface area (TPSA) is 29.5 Å². The minimum atomic E-state index is -4.48. The Hall–Kier alpha value is -1.56. The number of benzene rings is 1. The number of halogens is 3. The van der Waals surface area contributed by atoms with Crippen LogP contribution in [0.2, 0.25) is 0 Å². The van der Waals surface area contributed by atoms with Gasteiger partial charge in [0.1, 0.15) is 6.29 Å². The van der Waals surface area contributed by atoms with Crippen molar-refractivity contribution in [2.24, 2.45) is 0 Å². The lowest BCUT2D eigenvalue weighted by Crippen LogP contribution is -2.42. The molecule has 1 aliphatic rings. The van der Waals surface area contributed by atoms with Crippen molar-refractivity contribution < 1.29 is 22.7 Å². The third kappa shape index (κ3) is 3.07. The maximum atomic E-state index is 13.0. The Bertz CT molecular complexity index is 473. The summed E-state index contributed by atoms with van der Waals surface area (Å²) < 4.78 is 44.4. The predicted octanol–water partition coefficient (Wildman–Crippen LogP) is 2.74. The average molecular weight is 273 g/mol. The van der Waals surface area contributed by atoms with Crippen LogP contribution in [0.1, 0.15) is 22.8 Å². The normalized spacial score (nSPS) is 20.4. The van der Waals surface area contributed by atoms with Crippen molar-refractivity contribution in [3.63, 3.8) is 0 Å². The highest BCUT2D eigenvalue weighted by Gasteiger charge is 2.35. The first kappa shape index (κ1) is 13.9. The molecule has 1 heterocycles. The van der Waals surface area contributed by atoms with Crippen LogP contribution in [-0.2, 0) is 10.9 Å². The Kier molecular flexibility index (Phi) is 3.80. The summed E-state index contributed by atoms with van der Waals surface area (Å²) in [7, 11) is 0. The molecular formula is C13H14F3NO2. The van der Waals surface area contributed by atoms with Crippen LogP contribution in [0.3, 0.4) is 0 Å². The molecule has 1 saturated heterocycles. The summed E-state index contributed by atoms with van der Waals surface area (Å²) in [6.45, 7) is 3.03. The van der Waals surface area contributed by atoms with Gasteiger partial charge in [0.15, 0.2) is 0 Å². The van der Waals surface area contributed by atoms with Crippen LogP contribution in [0.4, 0.5) is 18.9 Å². The third-order valence-electron chi connectivity index (χ3n) is 3.04. The van der Waals surface area contributed by atoms with Crippen LogP contribution in [0.5, 0.6) is 0 Å². The SMILES string of the molecule is CC1CN(c2ccc(C=O)cc2C(F)(F)F)CCO1. The molecule has 104 valence electrons. The fourth-order valence-electron chi connectivity index (χ4n) is 2.17. The summed E-state index contributed by atoms with van der Waals surface area (Å²) in [6.07, 6.45) is -4.17. The number of hydrogen-bond donors (Lipinski definition) is 0. The molecule has 0 aliphatic carbocycles. The van der Waals surface area contributed by atoms with Crippen molar-refractivity contribution in [1.29, 1.82) is 0 Å². The van der Waals surface area contributed by atoms with E-state index in [0.29, 0.717) is 26.0 Å². The molecule has 1 fully saturated rings. The zero-order valence-electron chi connectivity index (χ0n) is 10.4. The summed E-state index contributed by atoms with van der Waals surface area (Å²) in [6, 6.07) is 3.64. The molecular weight excluding hydrogens is 259 g/mol. The molecule has 6 heteroatoms. The molecule has 0 N–H and O–H groups in total. The van der Waals surface area contributed by atoms with Gasteiger partial charge in [0.05, 0.1) is 18.3 Å². The van der Waals surface area contributed by atoms with E-state index in [-0.39, 0.29) is 17.4 Å². The van der Waals surface area contributed by atoms with Crippen LogP contribution in [-0.4, -0.2) is 32.1 Å². The van der Waals surface area contributed by atoms with Gasteiger partial charge in [-0.1, -0.05) is 0 Å². The maximum absolute atomic E-state index is 13.0. The zero-order valence-corrected chi connectivity index (χ0v) is 10.4. The van der Waals surface area contributed by atoms with Gasteiger partial charge in [-0.05, 0) is 25.1 Å². The maximum Gasteiger partial charge on any atom is 0.418 e. The zero-order chi connectivity index (χ0) is 14.0. The van der Waals surface area contributed by atoms with Gasteiger partial charge in [-0.3, -0.25) is 4.79 Å². The van der Waals surface area contributed by atoms with Gasteiger partial charge in [0.25, 0.3) is 0 Å². The second kappa shape index (κ2) is 5.21. The van der Waals surface area contributed by atoms with Gasteiger partial charge in [0, 0.05) is 24.3 Å². The monoisotopic (exact) mass is 273 g/mol. The Labute approximate surface area is 109 Å². The molecule has 0 spiro atoms. The van der Waals surface area contributed by atoms with Crippen LogP contribution < -0.4 is 4.90 Å². The Morgan fingerprint density at radius 1 is 1.42 bits per heavy atom. The lowest BCUT2D eigenvalue weighted by Gasteiger charge is -2.34. The predicted molar refractivity (Wildman–Crippen MR) is 64.5 cm³/mol. The summed E-state index contributed by atoms with van der Waals surface area (Å²) in [5.74, 6) is 0. The lowest BCUT2D eigenvalue weighted by molar-refractivity contribution is -0.137. The fourth-order valence-corrected chi connectivity index (χ4v) is 2.17. The third-order valence-corrected chi connectivity index (χ3v) is 3.04. The number of rotatable bonds is 2. The highest BCUT2D eigenvalue weighted by molar-refractivity contribution is 5.77. The van der Waals surface area contributed by atoms with Crippen molar-refractivity contribution in [3.8, 4) is 0 Å². The Balaban J connectivity index is 2.41. The number of aldehydes is 1. The summed E-state index contributed by atoms with van der Waals surface area (Å²) in [5.41, 5.74) is -0.642. The van der Waals surface area contributed by atoms with Gasteiger partial charge in [-0.15, -0.1) is 0 Å². The molecule has 0 aromatic heterocycles. The van der Waals surface area contributed by atoms with E-state index in [1.807, 2.05) is 6.92 Å². The number of morpholine rings is 1. The van der Waals surface area contributed by atoms with E-state index >= 15 is 0 Å². The summed E-state index contributed by atoms with van der Waals surface area (Å²) >= 11 is 0. The molecule has 1 aromatic carbocycles. The van der Waals surface area contributed by atoms with Gasteiger partial charge in [-0.25, -0.2) is 0 Å². The highest BCUT2D eigenvalue weighted by atomic mass is 19.4. The van der Waals surface area contributed by atoms with Crippen molar-refractivity contribution in [2.75, 3.05) is 24.6 Å². The number of carbonyl (C=O) groups is 1. The molecule has 19 heavy (non-hydrogen) atoms. The van der Waals surface area contributed by atoms with Crippen molar-refractivity contribution in [2.45, 2.75) is 19.2 Å². The molecule has 1 aliphatic heterocycles. The van der Waals surface area contributed by atoms with Crippen molar-refractivity contribution >= 4 is 12.0 Å². The summed E-state index contributed by atoms with van der Waals surface area (Å²) in [4.78, 5) is 12.3. The Morgan fingerprint density at radius 2 is 2.16 bits per heavy atom. The highest BCUT2D eigenvalue weighted by Crippen LogP contribution is 2.37. The van der Waals surface area contributed by atoms with E-state index in [1.165, 1.54) is 12.1 Å². The first-order valence-electron chi connectivity index (χ1n) is 5.95. The van der Waals surface area contributed by atoms with E-state index in [1.54, 1.807) is 4.90 Å².